The minimum Gasteiger partial charge on any atom is -0.493 e. The highest BCUT2D eigenvalue weighted by Gasteiger charge is 2.17. The third-order valence-electron chi connectivity index (χ3n) is 4.39. The van der Waals surface area contributed by atoms with Gasteiger partial charge in [0.2, 0.25) is 0 Å². The van der Waals surface area contributed by atoms with Crippen LogP contribution in [0.15, 0.2) is 42.5 Å². The van der Waals surface area contributed by atoms with Gasteiger partial charge in [0.05, 0.1) is 20.3 Å². The van der Waals surface area contributed by atoms with Gasteiger partial charge < -0.3 is 14.6 Å². The van der Waals surface area contributed by atoms with E-state index < -0.39 is 6.10 Å². The largest absolute Gasteiger partial charge is 0.493 e. The lowest BCUT2D eigenvalue weighted by molar-refractivity contribution is 0.0699. The Balaban J connectivity index is 2.18. The first-order valence-corrected chi connectivity index (χ1v) is 8.78. The Bertz CT molecular complexity index is 688. The van der Waals surface area contributed by atoms with Gasteiger partial charge in [-0.05, 0) is 41.3 Å². The van der Waals surface area contributed by atoms with Gasteiger partial charge in [0, 0.05) is 19.6 Å². The molecule has 5 heteroatoms. The number of ether oxygens (including phenoxy) is 2. The van der Waals surface area contributed by atoms with Crippen molar-refractivity contribution < 1.29 is 19.0 Å². The van der Waals surface area contributed by atoms with Gasteiger partial charge in [0.25, 0.3) is 0 Å². The lowest BCUT2D eigenvalue weighted by Gasteiger charge is -2.27. The predicted octanol–water partition coefficient (Wildman–Crippen LogP) is 3.86. The maximum atomic E-state index is 13.2. The van der Waals surface area contributed by atoms with Crippen LogP contribution in [0.2, 0.25) is 0 Å². The van der Waals surface area contributed by atoms with Crippen molar-refractivity contribution in [2.45, 2.75) is 33.0 Å². The van der Waals surface area contributed by atoms with Gasteiger partial charge in [-0.3, -0.25) is 4.90 Å². The van der Waals surface area contributed by atoms with E-state index in [0.29, 0.717) is 31.1 Å². The topological polar surface area (TPSA) is 41.9 Å². The van der Waals surface area contributed by atoms with Gasteiger partial charge in [0.1, 0.15) is 5.82 Å². The molecule has 2 aromatic rings. The van der Waals surface area contributed by atoms with Gasteiger partial charge in [0.15, 0.2) is 11.5 Å². The quantitative estimate of drug-likeness (QED) is 0.736. The van der Waals surface area contributed by atoms with Gasteiger partial charge in [-0.15, -0.1) is 0 Å². The second-order valence-electron chi connectivity index (χ2n) is 6.80. The van der Waals surface area contributed by atoms with Crippen LogP contribution in [-0.2, 0) is 13.1 Å². The van der Waals surface area contributed by atoms with Crippen LogP contribution in [0.5, 0.6) is 11.5 Å². The summed E-state index contributed by atoms with van der Waals surface area (Å²) >= 11 is 0. The molecule has 0 aliphatic rings. The van der Waals surface area contributed by atoms with Crippen molar-refractivity contribution in [3.05, 3.63) is 59.4 Å². The van der Waals surface area contributed by atoms with E-state index in [0.717, 1.165) is 11.1 Å². The number of hydrogen-bond acceptors (Lipinski definition) is 4. The predicted molar refractivity (Wildman–Crippen MR) is 101 cm³/mol. The molecule has 1 atom stereocenters. The first-order chi connectivity index (χ1) is 12.4. The molecule has 0 saturated carbocycles. The Morgan fingerprint density at radius 1 is 0.923 bits per heavy atom. The fourth-order valence-corrected chi connectivity index (χ4v) is 2.75. The lowest BCUT2D eigenvalue weighted by atomic mass is 10.1. The van der Waals surface area contributed by atoms with Crippen LogP contribution in [-0.4, -0.2) is 36.9 Å². The van der Waals surface area contributed by atoms with E-state index in [-0.39, 0.29) is 11.7 Å². The van der Waals surface area contributed by atoms with E-state index in [1.54, 1.807) is 26.4 Å². The van der Waals surface area contributed by atoms with Crippen LogP contribution in [0.3, 0.4) is 0 Å². The standard InChI is InChI=1S/C21H28FNO3/c1-15(2)19(24)14-23(12-16-5-8-18(22)9-6-16)13-17-7-10-20(25-3)21(11-17)26-4/h5-11,15,19,24H,12-14H2,1-4H3. The highest BCUT2D eigenvalue weighted by atomic mass is 19.1. The van der Waals surface area contributed by atoms with Gasteiger partial charge >= 0.3 is 0 Å². The molecule has 0 saturated heterocycles. The van der Waals surface area contributed by atoms with Gasteiger partial charge in [-0.25, -0.2) is 4.39 Å². The van der Waals surface area contributed by atoms with Crippen LogP contribution in [0.25, 0.3) is 0 Å². The molecular weight excluding hydrogens is 333 g/mol. The molecule has 0 fully saturated rings. The van der Waals surface area contributed by atoms with Crippen LogP contribution in [0.1, 0.15) is 25.0 Å². The first kappa shape index (κ1) is 20.2. The highest BCUT2D eigenvalue weighted by molar-refractivity contribution is 5.42. The minimum absolute atomic E-state index is 0.163. The van der Waals surface area contributed by atoms with Crippen molar-refractivity contribution in [3.63, 3.8) is 0 Å². The van der Waals surface area contributed by atoms with Crippen LogP contribution in [0.4, 0.5) is 4.39 Å². The van der Waals surface area contributed by atoms with Crippen molar-refractivity contribution in [2.75, 3.05) is 20.8 Å². The van der Waals surface area contributed by atoms with Crippen LogP contribution in [0, 0.1) is 11.7 Å². The lowest BCUT2D eigenvalue weighted by Crippen LogP contribution is -2.34. The van der Waals surface area contributed by atoms with Gasteiger partial charge in [-0.2, -0.15) is 0 Å². The molecule has 0 bridgehead atoms. The second-order valence-corrected chi connectivity index (χ2v) is 6.80. The summed E-state index contributed by atoms with van der Waals surface area (Å²) in [5.74, 6) is 1.28. The van der Waals surface area contributed by atoms with E-state index in [4.69, 9.17) is 9.47 Å². The molecule has 142 valence electrons. The average Bonchev–Trinajstić information content (AvgIpc) is 2.63. The Labute approximate surface area is 155 Å². The molecule has 26 heavy (non-hydrogen) atoms. The molecule has 0 spiro atoms. The minimum atomic E-state index is -0.435. The molecule has 1 unspecified atom stereocenters. The molecule has 0 aliphatic carbocycles. The molecule has 2 aromatic carbocycles. The number of nitrogens with zero attached hydrogens (tertiary/aromatic N) is 1. The highest BCUT2D eigenvalue weighted by Crippen LogP contribution is 2.28. The molecule has 2 rings (SSSR count). The van der Waals surface area contributed by atoms with Crippen LogP contribution < -0.4 is 9.47 Å². The van der Waals surface area contributed by atoms with E-state index >= 15 is 0 Å². The van der Waals surface area contributed by atoms with Crippen molar-refractivity contribution in [2.24, 2.45) is 5.92 Å². The van der Waals surface area contributed by atoms with E-state index in [9.17, 15) is 9.50 Å². The Morgan fingerprint density at radius 3 is 2.08 bits per heavy atom. The molecular formula is C21H28FNO3. The Hall–Kier alpha value is -2.11. The number of rotatable bonds is 9. The van der Waals surface area contributed by atoms with E-state index in [1.165, 1.54) is 12.1 Å². The van der Waals surface area contributed by atoms with Crippen molar-refractivity contribution >= 4 is 0 Å². The summed E-state index contributed by atoms with van der Waals surface area (Å²) in [6, 6.07) is 12.3. The summed E-state index contributed by atoms with van der Waals surface area (Å²) < 4.78 is 23.8. The summed E-state index contributed by atoms with van der Waals surface area (Å²) in [6.07, 6.45) is -0.435. The Morgan fingerprint density at radius 2 is 1.50 bits per heavy atom. The summed E-state index contributed by atoms with van der Waals surface area (Å²) in [4.78, 5) is 2.15. The Kier molecular flexibility index (Phi) is 7.42. The molecule has 0 aromatic heterocycles. The first-order valence-electron chi connectivity index (χ1n) is 8.78. The summed E-state index contributed by atoms with van der Waals surface area (Å²) in [7, 11) is 3.22. The molecule has 0 radical (unpaired) electrons. The average molecular weight is 361 g/mol. The molecule has 0 amide bonds. The van der Waals surface area contributed by atoms with Gasteiger partial charge in [-0.1, -0.05) is 32.0 Å². The fourth-order valence-electron chi connectivity index (χ4n) is 2.75. The molecule has 1 N–H and O–H groups in total. The third-order valence-corrected chi connectivity index (χ3v) is 4.39. The normalized spacial score (nSPS) is 12.5. The zero-order valence-electron chi connectivity index (χ0n) is 15.9. The number of methoxy groups -OCH3 is 2. The number of aliphatic hydroxyl groups is 1. The van der Waals surface area contributed by atoms with Crippen molar-refractivity contribution in [1.82, 2.24) is 4.90 Å². The summed E-state index contributed by atoms with van der Waals surface area (Å²) in [5, 5.41) is 10.3. The number of benzene rings is 2. The molecule has 4 nitrogen and oxygen atoms in total. The number of halogens is 1. The van der Waals surface area contributed by atoms with E-state index in [2.05, 4.69) is 4.90 Å². The number of hydrogen-bond donors (Lipinski definition) is 1. The molecule has 0 aliphatic heterocycles. The summed E-state index contributed by atoms with van der Waals surface area (Å²) in [6.45, 7) is 5.79. The zero-order chi connectivity index (χ0) is 19.1. The van der Waals surface area contributed by atoms with Crippen molar-refractivity contribution in [1.29, 1.82) is 0 Å². The van der Waals surface area contributed by atoms with Crippen molar-refractivity contribution in [3.8, 4) is 11.5 Å². The SMILES string of the molecule is COc1ccc(CN(Cc2ccc(F)cc2)CC(O)C(C)C)cc1OC. The molecule has 0 heterocycles. The second kappa shape index (κ2) is 9.55. The number of aliphatic hydroxyl groups excluding tert-OH is 1. The monoisotopic (exact) mass is 361 g/mol. The van der Waals surface area contributed by atoms with Crippen LogP contribution >= 0.6 is 0 Å². The zero-order valence-corrected chi connectivity index (χ0v) is 15.9. The maximum absolute atomic E-state index is 13.2. The fraction of sp³-hybridized carbons (Fsp3) is 0.429. The van der Waals surface area contributed by atoms with E-state index in [1.807, 2.05) is 32.0 Å². The summed E-state index contributed by atoms with van der Waals surface area (Å²) in [5.41, 5.74) is 2.06. The maximum Gasteiger partial charge on any atom is 0.161 e. The smallest absolute Gasteiger partial charge is 0.161 e. The third kappa shape index (κ3) is 5.71.